The zero-order chi connectivity index (χ0) is 30.4. The maximum atomic E-state index is 13.6. The number of benzene rings is 2. The third-order valence-corrected chi connectivity index (χ3v) is 7.94. The number of phenols is 1. The van der Waals surface area contributed by atoms with Gasteiger partial charge in [0.1, 0.15) is 23.5 Å². The molecular formula is C31H31N3O7S. The Morgan fingerprint density at radius 1 is 1.00 bits per heavy atom. The van der Waals surface area contributed by atoms with Crippen LogP contribution in [-0.4, -0.2) is 58.1 Å². The molecule has 1 unspecified atom stereocenters. The van der Waals surface area contributed by atoms with Crippen LogP contribution in [0, 0.1) is 5.92 Å². The molecule has 0 radical (unpaired) electrons. The molecule has 4 aromatic rings. The number of aliphatic carboxylic acids is 1. The van der Waals surface area contributed by atoms with E-state index in [0.29, 0.717) is 22.9 Å². The van der Waals surface area contributed by atoms with Crippen molar-refractivity contribution in [2.24, 2.45) is 5.92 Å². The van der Waals surface area contributed by atoms with Crippen LogP contribution in [0.4, 0.5) is 0 Å². The fourth-order valence-electron chi connectivity index (χ4n) is 4.46. The van der Waals surface area contributed by atoms with Crippen LogP contribution in [0.5, 0.6) is 5.75 Å². The van der Waals surface area contributed by atoms with Gasteiger partial charge in [0.15, 0.2) is 0 Å². The first-order valence-electron chi connectivity index (χ1n) is 13.3. The topological polar surface area (TPSA) is 155 Å². The van der Waals surface area contributed by atoms with Crippen molar-refractivity contribution in [3.8, 4) is 16.2 Å². The van der Waals surface area contributed by atoms with Crippen LogP contribution in [0.15, 0.2) is 66.0 Å². The van der Waals surface area contributed by atoms with Crippen LogP contribution in [0.2, 0.25) is 0 Å². The van der Waals surface area contributed by atoms with E-state index in [1.807, 2.05) is 30.5 Å². The molecule has 0 spiro atoms. The van der Waals surface area contributed by atoms with Gasteiger partial charge in [-0.05, 0) is 58.8 Å². The second-order valence-electron chi connectivity index (χ2n) is 9.86. The minimum Gasteiger partial charge on any atom is -0.508 e. The van der Waals surface area contributed by atoms with Crippen molar-refractivity contribution in [1.29, 1.82) is 0 Å². The predicted octanol–water partition coefficient (Wildman–Crippen LogP) is 4.41. The van der Waals surface area contributed by atoms with E-state index >= 15 is 0 Å². The highest BCUT2D eigenvalue weighted by Gasteiger charge is 2.28. The van der Waals surface area contributed by atoms with Crippen molar-refractivity contribution in [2.75, 3.05) is 7.11 Å². The van der Waals surface area contributed by atoms with Crippen molar-refractivity contribution >= 4 is 46.0 Å². The number of aromatic nitrogens is 1. The van der Waals surface area contributed by atoms with E-state index < -0.39 is 35.8 Å². The number of methoxy groups -OCH3 is 1. The molecule has 0 aliphatic rings. The SMILES string of the molecule is CCC(C)[C@H](NC(=O)c1cc(C(=O)N[C@@H](Cc2ccc(O)cc2)C(=O)OC)nc2ccc(-c3cccs3)cc12)C(=O)O. The number of nitrogens with zero attached hydrogens (tertiary/aromatic N) is 1. The molecule has 10 nitrogen and oxygen atoms in total. The Bertz CT molecular complexity index is 1600. The fourth-order valence-corrected chi connectivity index (χ4v) is 5.19. The molecule has 0 saturated heterocycles. The Morgan fingerprint density at radius 3 is 2.36 bits per heavy atom. The van der Waals surface area contributed by atoms with Crippen LogP contribution in [0.3, 0.4) is 0 Å². The highest BCUT2D eigenvalue weighted by Crippen LogP contribution is 2.29. The first kappa shape index (κ1) is 30.2. The van der Waals surface area contributed by atoms with Crippen LogP contribution in [0.25, 0.3) is 21.3 Å². The summed E-state index contributed by atoms with van der Waals surface area (Å²) >= 11 is 1.52. The zero-order valence-corrected chi connectivity index (χ0v) is 24.1. The summed E-state index contributed by atoms with van der Waals surface area (Å²) in [4.78, 5) is 56.9. The maximum Gasteiger partial charge on any atom is 0.328 e. The third kappa shape index (κ3) is 6.92. The molecule has 218 valence electrons. The first-order chi connectivity index (χ1) is 20.1. The monoisotopic (exact) mass is 589 g/mol. The van der Waals surface area contributed by atoms with Crippen LogP contribution in [0.1, 0.15) is 46.7 Å². The second kappa shape index (κ2) is 13.3. The average molecular weight is 590 g/mol. The number of esters is 1. The van der Waals surface area contributed by atoms with Crippen molar-refractivity contribution in [1.82, 2.24) is 15.6 Å². The quantitative estimate of drug-likeness (QED) is 0.188. The van der Waals surface area contributed by atoms with Crippen molar-refractivity contribution in [2.45, 2.75) is 38.8 Å². The van der Waals surface area contributed by atoms with Crippen LogP contribution >= 0.6 is 11.3 Å². The predicted molar refractivity (Wildman–Crippen MR) is 158 cm³/mol. The summed E-state index contributed by atoms with van der Waals surface area (Å²) in [5, 5.41) is 26.9. The fraction of sp³-hybridized carbons (Fsp3) is 0.258. The Labute approximate surface area is 246 Å². The van der Waals surface area contributed by atoms with E-state index in [4.69, 9.17) is 4.74 Å². The summed E-state index contributed by atoms with van der Waals surface area (Å²) in [6.45, 7) is 3.57. The largest absolute Gasteiger partial charge is 0.508 e. The number of amides is 2. The van der Waals surface area contributed by atoms with E-state index in [9.17, 15) is 29.4 Å². The Morgan fingerprint density at radius 2 is 1.74 bits per heavy atom. The molecular weight excluding hydrogens is 558 g/mol. The van der Waals surface area contributed by atoms with E-state index in [-0.39, 0.29) is 29.3 Å². The van der Waals surface area contributed by atoms with Gasteiger partial charge in [0.2, 0.25) is 0 Å². The molecule has 0 aliphatic carbocycles. The smallest absolute Gasteiger partial charge is 0.328 e. The number of nitrogens with one attached hydrogen (secondary N) is 2. The van der Waals surface area contributed by atoms with E-state index in [0.717, 1.165) is 10.4 Å². The lowest BCUT2D eigenvalue weighted by Crippen LogP contribution is -2.45. The summed E-state index contributed by atoms with van der Waals surface area (Å²) < 4.78 is 4.88. The number of carboxylic acids is 1. The summed E-state index contributed by atoms with van der Waals surface area (Å²) in [6.07, 6.45) is 0.611. The molecule has 0 fully saturated rings. The number of thiophene rings is 1. The molecule has 2 aromatic carbocycles. The van der Waals surface area contributed by atoms with Crippen molar-refractivity contribution in [3.63, 3.8) is 0 Å². The van der Waals surface area contributed by atoms with E-state index in [1.54, 1.807) is 31.2 Å². The number of phenolic OH excluding ortho intramolecular Hbond substituents is 1. The lowest BCUT2D eigenvalue weighted by atomic mass is 9.98. The summed E-state index contributed by atoms with van der Waals surface area (Å²) in [6, 6.07) is 14.4. The molecule has 0 saturated carbocycles. The van der Waals surface area contributed by atoms with Gasteiger partial charge in [-0.3, -0.25) is 9.59 Å². The van der Waals surface area contributed by atoms with E-state index in [1.165, 1.54) is 36.6 Å². The average Bonchev–Trinajstić information content (AvgIpc) is 3.54. The minimum absolute atomic E-state index is 0.0595. The molecule has 0 aliphatic heterocycles. The first-order valence-corrected chi connectivity index (χ1v) is 14.2. The highest BCUT2D eigenvalue weighted by molar-refractivity contribution is 7.13. The van der Waals surface area contributed by atoms with Gasteiger partial charge in [-0.1, -0.05) is 44.5 Å². The lowest BCUT2D eigenvalue weighted by Gasteiger charge is -2.21. The van der Waals surface area contributed by atoms with Gasteiger partial charge in [0, 0.05) is 16.7 Å². The Kier molecular flexibility index (Phi) is 9.53. The second-order valence-corrected chi connectivity index (χ2v) is 10.8. The van der Waals surface area contributed by atoms with Gasteiger partial charge >= 0.3 is 11.9 Å². The standard InChI is InChI=1S/C31H31N3O7S/c1-4-17(2)27(30(38)39)34-28(36)22-16-24(32-23-12-9-19(15-21(22)23)26-6-5-13-42-26)29(37)33-25(31(40)41-3)14-18-7-10-20(35)11-8-18/h5-13,15-17,25,27,35H,4,14H2,1-3H3,(H,33,37)(H,34,36)(H,38,39)/t17?,25-,27-/m0/s1. The van der Waals surface area contributed by atoms with Crippen molar-refractivity contribution in [3.05, 3.63) is 82.9 Å². The molecule has 42 heavy (non-hydrogen) atoms. The van der Waals surface area contributed by atoms with Crippen molar-refractivity contribution < 1.29 is 34.1 Å². The number of carboxylic acid groups (broad SMARTS) is 1. The molecule has 11 heteroatoms. The zero-order valence-electron chi connectivity index (χ0n) is 23.3. The number of carbonyl (C=O) groups is 4. The van der Waals surface area contributed by atoms with Gasteiger partial charge in [-0.15, -0.1) is 11.3 Å². The summed E-state index contributed by atoms with van der Waals surface area (Å²) in [7, 11) is 1.20. The van der Waals surface area contributed by atoms with Gasteiger partial charge in [0.25, 0.3) is 11.8 Å². The minimum atomic E-state index is -1.16. The molecule has 4 rings (SSSR count). The van der Waals surface area contributed by atoms with Gasteiger partial charge in [-0.25, -0.2) is 14.6 Å². The normalized spacial score (nSPS) is 13.1. The number of fused-ring (bicyclic) bond motifs is 1. The molecule has 2 aromatic heterocycles. The molecule has 2 amide bonds. The van der Waals surface area contributed by atoms with Gasteiger partial charge in [0.05, 0.1) is 18.2 Å². The lowest BCUT2D eigenvalue weighted by molar-refractivity contribution is -0.143. The molecule has 4 N–H and O–H groups in total. The molecule has 2 heterocycles. The summed E-state index contributed by atoms with van der Waals surface area (Å²) in [5.74, 6) is -3.52. The van der Waals surface area contributed by atoms with Gasteiger partial charge < -0.3 is 25.6 Å². The number of ether oxygens (including phenoxy) is 1. The number of hydrogen-bond donors (Lipinski definition) is 4. The number of hydrogen-bond acceptors (Lipinski definition) is 8. The number of carbonyl (C=O) groups excluding carboxylic acids is 3. The van der Waals surface area contributed by atoms with E-state index in [2.05, 4.69) is 15.6 Å². The number of aromatic hydroxyl groups is 1. The highest BCUT2D eigenvalue weighted by atomic mass is 32.1. The Hall–Kier alpha value is -4.77. The molecule has 0 bridgehead atoms. The number of rotatable bonds is 11. The molecule has 3 atom stereocenters. The number of pyridine rings is 1. The maximum absolute atomic E-state index is 13.6. The third-order valence-electron chi connectivity index (χ3n) is 7.02. The van der Waals surface area contributed by atoms with Gasteiger partial charge in [-0.2, -0.15) is 0 Å². The summed E-state index contributed by atoms with van der Waals surface area (Å²) in [5.41, 5.74) is 1.79. The van der Waals surface area contributed by atoms with Crippen LogP contribution < -0.4 is 10.6 Å². The Balaban J connectivity index is 1.73. The van der Waals surface area contributed by atoms with Crippen LogP contribution in [-0.2, 0) is 20.7 Å².